The molecule has 1 aliphatic carbocycles. The number of aryl methyl sites for hydroxylation is 5. The SMILES string of the molecule is Cc1cc(C)c(C2Nc3c(C)cc(C)cc3C3C=CCC32)c(C)c1. The largest absolute Gasteiger partial charge is 0.377 e. The second kappa shape index (κ2) is 5.51. The standard InChI is InChI=1S/C23H27N/c1-13-9-15(3)21(16(4)10-13)23-19-8-6-7-18(19)20-12-14(2)11-17(5)22(20)24-23/h6-7,9-12,18-19,23-24H,8H2,1-5H3. The van der Waals surface area contributed by atoms with Gasteiger partial charge in [-0.15, -0.1) is 0 Å². The van der Waals surface area contributed by atoms with Crippen LogP contribution in [0.1, 0.15) is 57.3 Å². The molecule has 3 unspecified atom stereocenters. The molecule has 2 aromatic carbocycles. The molecular formula is C23H27N. The highest BCUT2D eigenvalue weighted by Gasteiger charge is 2.39. The third kappa shape index (κ3) is 2.30. The average molecular weight is 317 g/mol. The van der Waals surface area contributed by atoms with Gasteiger partial charge in [-0.2, -0.15) is 0 Å². The lowest BCUT2D eigenvalue weighted by Crippen LogP contribution is -2.30. The van der Waals surface area contributed by atoms with Crippen LogP contribution >= 0.6 is 0 Å². The van der Waals surface area contributed by atoms with Crippen molar-refractivity contribution in [2.75, 3.05) is 5.32 Å². The minimum Gasteiger partial charge on any atom is -0.377 e. The number of allylic oxidation sites excluding steroid dienone is 2. The van der Waals surface area contributed by atoms with Gasteiger partial charge < -0.3 is 5.32 Å². The number of anilines is 1. The van der Waals surface area contributed by atoms with Crippen LogP contribution in [-0.2, 0) is 0 Å². The summed E-state index contributed by atoms with van der Waals surface area (Å²) >= 11 is 0. The lowest BCUT2D eigenvalue weighted by atomic mass is 9.74. The first-order valence-corrected chi connectivity index (χ1v) is 9.08. The van der Waals surface area contributed by atoms with Crippen molar-refractivity contribution < 1.29 is 0 Å². The molecule has 0 amide bonds. The Balaban J connectivity index is 1.88. The molecule has 1 aliphatic heterocycles. The molecule has 1 heteroatoms. The first-order chi connectivity index (χ1) is 11.5. The summed E-state index contributed by atoms with van der Waals surface area (Å²) in [5.41, 5.74) is 11.3. The summed E-state index contributed by atoms with van der Waals surface area (Å²) in [6, 6.07) is 9.75. The van der Waals surface area contributed by atoms with Gasteiger partial charge in [-0.25, -0.2) is 0 Å². The maximum atomic E-state index is 3.94. The van der Waals surface area contributed by atoms with Crippen LogP contribution in [0.25, 0.3) is 0 Å². The van der Waals surface area contributed by atoms with Gasteiger partial charge in [0, 0.05) is 11.6 Å². The molecule has 1 nitrogen and oxygen atoms in total. The van der Waals surface area contributed by atoms with Crippen LogP contribution in [0.15, 0.2) is 36.4 Å². The number of nitrogens with one attached hydrogen (secondary N) is 1. The molecule has 1 N–H and O–H groups in total. The molecular weight excluding hydrogens is 290 g/mol. The normalized spacial score (nSPS) is 24.5. The fourth-order valence-corrected chi connectivity index (χ4v) is 5.04. The van der Waals surface area contributed by atoms with Gasteiger partial charge >= 0.3 is 0 Å². The van der Waals surface area contributed by atoms with Gasteiger partial charge in [-0.05, 0) is 74.8 Å². The van der Waals surface area contributed by atoms with Crippen molar-refractivity contribution in [1.29, 1.82) is 0 Å². The fraction of sp³-hybridized carbons (Fsp3) is 0.391. The summed E-state index contributed by atoms with van der Waals surface area (Å²) in [5, 5.41) is 3.94. The van der Waals surface area contributed by atoms with E-state index in [1.54, 1.807) is 0 Å². The number of hydrogen-bond donors (Lipinski definition) is 1. The molecule has 0 saturated heterocycles. The van der Waals surface area contributed by atoms with Gasteiger partial charge in [0.15, 0.2) is 0 Å². The molecule has 0 saturated carbocycles. The Morgan fingerprint density at radius 1 is 0.833 bits per heavy atom. The Labute approximate surface area is 145 Å². The summed E-state index contributed by atoms with van der Waals surface area (Å²) in [4.78, 5) is 0. The zero-order chi connectivity index (χ0) is 17.0. The van der Waals surface area contributed by atoms with E-state index in [-0.39, 0.29) is 0 Å². The molecule has 0 radical (unpaired) electrons. The van der Waals surface area contributed by atoms with E-state index in [9.17, 15) is 0 Å². The second-order valence-corrected chi connectivity index (χ2v) is 7.83. The highest BCUT2D eigenvalue weighted by molar-refractivity contribution is 5.65. The van der Waals surface area contributed by atoms with Gasteiger partial charge in [-0.3, -0.25) is 0 Å². The first kappa shape index (κ1) is 15.5. The van der Waals surface area contributed by atoms with Crippen molar-refractivity contribution in [2.24, 2.45) is 5.92 Å². The van der Waals surface area contributed by atoms with E-state index in [1.165, 1.54) is 51.1 Å². The zero-order valence-corrected chi connectivity index (χ0v) is 15.4. The number of benzene rings is 2. The highest BCUT2D eigenvalue weighted by Crippen LogP contribution is 2.51. The Hall–Kier alpha value is -2.02. The van der Waals surface area contributed by atoms with Crippen LogP contribution < -0.4 is 5.32 Å². The lowest BCUT2D eigenvalue weighted by Gasteiger charge is -2.40. The summed E-state index contributed by atoms with van der Waals surface area (Å²) in [5.74, 6) is 1.17. The molecule has 2 aromatic rings. The Kier molecular flexibility index (Phi) is 3.56. The third-order valence-corrected chi connectivity index (χ3v) is 5.86. The quantitative estimate of drug-likeness (QED) is 0.631. The molecule has 124 valence electrons. The molecule has 1 heterocycles. The molecule has 24 heavy (non-hydrogen) atoms. The molecule has 3 atom stereocenters. The molecule has 0 spiro atoms. The minimum atomic E-state index is 0.402. The van der Waals surface area contributed by atoms with Crippen molar-refractivity contribution in [3.8, 4) is 0 Å². The van der Waals surface area contributed by atoms with Gasteiger partial charge in [0.05, 0.1) is 6.04 Å². The predicted octanol–water partition coefficient (Wildman–Crippen LogP) is 6.06. The van der Waals surface area contributed by atoms with Gasteiger partial charge in [-0.1, -0.05) is 47.5 Å². The predicted molar refractivity (Wildman–Crippen MR) is 103 cm³/mol. The van der Waals surface area contributed by atoms with Gasteiger partial charge in [0.1, 0.15) is 0 Å². The van der Waals surface area contributed by atoms with Crippen LogP contribution in [0.5, 0.6) is 0 Å². The minimum absolute atomic E-state index is 0.402. The third-order valence-electron chi connectivity index (χ3n) is 5.86. The monoisotopic (exact) mass is 317 g/mol. The van der Waals surface area contributed by atoms with Crippen molar-refractivity contribution in [3.05, 3.63) is 75.4 Å². The average Bonchev–Trinajstić information content (AvgIpc) is 2.96. The number of rotatable bonds is 1. The number of hydrogen-bond acceptors (Lipinski definition) is 1. The van der Waals surface area contributed by atoms with Crippen LogP contribution in [0.2, 0.25) is 0 Å². The summed E-state index contributed by atoms with van der Waals surface area (Å²) in [6.07, 6.45) is 5.99. The van der Waals surface area contributed by atoms with Crippen LogP contribution in [0.4, 0.5) is 5.69 Å². The molecule has 0 bridgehead atoms. The number of fused-ring (bicyclic) bond motifs is 3. The zero-order valence-electron chi connectivity index (χ0n) is 15.4. The summed E-state index contributed by atoms with van der Waals surface area (Å²) in [7, 11) is 0. The maximum absolute atomic E-state index is 3.94. The lowest BCUT2D eigenvalue weighted by molar-refractivity contribution is 0.422. The van der Waals surface area contributed by atoms with Crippen molar-refractivity contribution in [2.45, 2.75) is 53.0 Å². The summed E-state index contributed by atoms with van der Waals surface area (Å²) in [6.45, 7) is 11.2. The molecule has 0 aromatic heterocycles. The van der Waals surface area contributed by atoms with E-state index in [1.807, 2.05) is 0 Å². The fourth-order valence-electron chi connectivity index (χ4n) is 5.04. The Morgan fingerprint density at radius 3 is 2.17 bits per heavy atom. The van der Waals surface area contributed by atoms with Crippen LogP contribution in [-0.4, -0.2) is 0 Å². The van der Waals surface area contributed by atoms with Crippen molar-refractivity contribution >= 4 is 5.69 Å². The van der Waals surface area contributed by atoms with Crippen LogP contribution in [0.3, 0.4) is 0 Å². The van der Waals surface area contributed by atoms with E-state index in [4.69, 9.17) is 0 Å². The molecule has 2 aliphatic rings. The highest BCUT2D eigenvalue weighted by atomic mass is 15.0. The van der Waals surface area contributed by atoms with E-state index < -0.39 is 0 Å². The molecule has 0 fully saturated rings. The molecule has 4 rings (SSSR count). The van der Waals surface area contributed by atoms with Gasteiger partial charge in [0.2, 0.25) is 0 Å². The summed E-state index contributed by atoms with van der Waals surface area (Å²) < 4.78 is 0. The van der Waals surface area contributed by atoms with E-state index >= 15 is 0 Å². The van der Waals surface area contributed by atoms with Crippen molar-refractivity contribution in [3.63, 3.8) is 0 Å². The maximum Gasteiger partial charge on any atom is 0.0559 e. The topological polar surface area (TPSA) is 12.0 Å². The van der Waals surface area contributed by atoms with E-state index in [2.05, 4.69) is 76.4 Å². The van der Waals surface area contributed by atoms with E-state index in [0.717, 1.165) is 0 Å². The van der Waals surface area contributed by atoms with Crippen LogP contribution in [0, 0.1) is 40.5 Å². The van der Waals surface area contributed by atoms with E-state index in [0.29, 0.717) is 17.9 Å². The second-order valence-electron chi connectivity index (χ2n) is 7.83. The smallest absolute Gasteiger partial charge is 0.0559 e. The Bertz CT molecular complexity index is 820. The first-order valence-electron chi connectivity index (χ1n) is 9.08. The Morgan fingerprint density at radius 2 is 1.46 bits per heavy atom. The van der Waals surface area contributed by atoms with Crippen molar-refractivity contribution in [1.82, 2.24) is 0 Å². The van der Waals surface area contributed by atoms with Gasteiger partial charge in [0.25, 0.3) is 0 Å².